The van der Waals surface area contributed by atoms with Crippen LogP contribution in [0.25, 0.3) is 0 Å². The Hall–Kier alpha value is -0.370. The van der Waals surface area contributed by atoms with Crippen LogP contribution in [0.2, 0.25) is 0 Å². The Morgan fingerprint density at radius 1 is 1.45 bits per heavy atom. The van der Waals surface area contributed by atoms with Crippen LogP contribution in [0.5, 0.6) is 0 Å². The number of rotatable bonds is 2. The molecular weight excluding hydrogens is 138 g/mol. The van der Waals surface area contributed by atoms with Crippen molar-refractivity contribution in [2.45, 2.75) is 45.6 Å². The molecule has 1 rings (SSSR count). The summed E-state index contributed by atoms with van der Waals surface area (Å²) in [5, 5.41) is 0. The van der Waals surface area contributed by atoms with Crippen LogP contribution in [0.4, 0.5) is 0 Å². The van der Waals surface area contributed by atoms with E-state index in [1.165, 1.54) is 0 Å². The molecule has 2 nitrogen and oxygen atoms in total. The molecule has 2 N–H and O–H groups in total. The summed E-state index contributed by atoms with van der Waals surface area (Å²) in [7, 11) is 0. The highest BCUT2D eigenvalue weighted by atomic mass is 16.1. The van der Waals surface area contributed by atoms with Gasteiger partial charge >= 0.3 is 0 Å². The van der Waals surface area contributed by atoms with Gasteiger partial charge in [0.1, 0.15) is 0 Å². The van der Waals surface area contributed by atoms with Crippen molar-refractivity contribution < 1.29 is 4.79 Å². The fourth-order valence-electron chi connectivity index (χ4n) is 1.07. The van der Waals surface area contributed by atoms with Crippen molar-refractivity contribution >= 4 is 5.78 Å². The Kier molecular flexibility index (Phi) is 1.83. The predicted molar refractivity (Wildman–Crippen MR) is 45.2 cm³/mol. The van der Waals surface area contributed by atoms with E-state index in [4.69, 9.17) is 5.73 Å². The smallest absolute Gasteiger partial charge is 0.153 e. The summed E-state index contributed by atoms with van der Waals surface area (Å²) in [4.78, 5) is 11.4. The lowest BCUT2D eigenvalue weighted by molar-refractivity contribution is -0.122. The third-order valence-corrected chi connectivity index (χ3v) is 2.03. The molecule has 0 saturated heterocycles. The SMILES string of the molecule is CC(C)(C)CC(=O)C1(N)CC1. The maximum atomic E-state index is 11.4. The van der Waals surface area contributed by atoms with Gasteiger partial charge in [0.2, 0.25) is 0 Å². The number of ketones is 1. The number of carbonyl (C=O) groups excluding carboxylic acids is 1. The first kappa shape index (κ1) is 8.72. The molecule has 0 aliphatic heterocycles. The Balaban J connectivity index is 2.45. The monoisotopic (exact) mass is 155 g/mol. The van der Waals surface area contributed by atoms with E-state index in [-0.39, 0.29) is 11.2 Å². The van der Waals surface area contributed by atoms with E-state index in [0.29, 0.717) is 6.42 Å². The van der Waals surface area contributed by atoms with Gasteiger partial charge in [0.05, 0.1) is 5.54 Å². The zero-order chi connectivity index (χ0) is 8.70. The van der Waals surface area contributed by atoms with Crippen molar-refractivity contribution in [1.29, 1.82) is 0 Å². The van der Waals surface area contributed by atoms with Gasteiger partial charge in [0.15, 0.2) is 5.78 Å². The number of carbonyl (C=O) groups is 1. The molecule has 1 saturated carbocycles. The fraction of sp³-hybridized carbons (Fsp3) is 0.889. The van der Waals surface area contributed by atoms with E-state index in [1.807, 2.05) is 0 Å². The molecule has 1 aliphatic rings. The molecule has 0 unspecified atom stereocenters. The van der Waals surface area contributed by atoms with Crippen LogP contribution in [0, 0.1) is 5.41 Å². The third-order valence-electron chi connectivity index (χ3n) is 2.03. The molecular formula is C9H17NO. The van der Waals surface area contributed by atoms with E-state index in [1.54, 1.807) is 0 Å². The highest BCUT2D eigenvalue weighted by molar-refractivity contribution is 5.91. The Morgan fingerprint density at radius 2 is 1.91 bits per heavy atom. The maximum absolute atomic E-state index is 11.4. The second kappa shape index (κ2) is 2.31. The molecule has 2 heteroatoms. The highest BCUT2D eigenvalue weighted by Gasteiger charge is 2.46. The van der Waals surface area contributed by atoms with E-state index in [2.05, 4.69) is 20.8 Å². The molecule has 0 spiro atoms. The lowest BCUT2D eigenvalue weighted by atomic mass is 9.87. The molecule has 0 aromatic rings. The lowest BCUT2D eigenvalue weighted by Crippen LogP contribution is -2.35. The molecule has 0 heterocycles. The number of Topliss-reactive ketones (excluding diaryl/α,β-unsaturated/α-hetero) is 1. The molecule has 0 amide bonds. The quantitative estimate of drug-likeness (QED) is 0.656. The molecule has 1 fully saturated rings. The normalized spacial score (nSPS) is 21.5. The molecule has 0 atom stereocenters. The Morgan fingerprint density at radius 3 is 2.18 bits per heavy atom. The number of hydrogen-bond donors (Lipinski definition) is 1. The first-order valence-corrected chi connectivity index (χ1v) is 4.16. The van der Waals surface area contributed by atoms with Gasteiger partial charge in [-0.2, -0.15) is 0 Å². The standard InChI is InChI=1S/C9H17NO/c1-8(2,3)6-7(11)9(10)4-5-9/h4-6,10H2,1-3H3. The van der Waals surface area contributed by atoms with Gasteiger partial charge in [0.25, 0.3) is 0 Å². The topological polar surface area (TPSA) is 43.1 Å². The van der Waals surface area contributed by atoms with Crippen LogP contribution in [0.3, 0.4) is 0 Å². The Bertz CT molecular complexity index is 174. The molecule has 11 heavy (non-hydrogen) atoms. The molecule has 0 aromatic carbocycles. The summed E-state index contributed by atoms with van der Waals surface area (Å²) in [6.07, 6.45) is 2.40. The van der Waals surface area contributed by atoms with Crippen LogP contribution in [-0.4, -0.2) is 11.3 Å². The summed E-state index contributed by atoms with van der Waals surface area (Å²) >= 11 is 0. The van der Waals surface area contributed by atoms with Crippen molar-refractivity contribution in [1.82, 2.24) is 0 Å². The minimum atomic E-state index is -0.423. The summed E-state index contributed by atoms with van der Waals surface area (Å²) < 4.78 is 0. The molecule has 64 valence electrons. The highest BCUT2D eigenvalue weighted by Crippen LogP contribution is 2.36. The second-order valence-corrected chi connectivity index (χ2v) is 4.82. The maximum Gasteiger partial charge on any atom is 0.153 e. The van der Waals surface area contributed by atoms with Gasteiger partial charge < -0.3 is 5.73 Å². The number of nitrogens with two attached hydrogens (primary N) is 1. The second-order valence-electron chi connectivity index (χ2n) is 4.82. The zero-order valence-corrected chi connectivity index (χ0v) is 7.61. The zero-order valence-electron chi connectivity index (χ0n) is 7.61. The van der Waals surface area contributed by atoms with Crippen LogP contribution >= 0.6 is 0 Å². The van der Waals surface area contributed by atoms with Crippen LogP contribution < -0.4 is 5.73 Å². The van der Waals surface area contributed by atoms with Crippen LogP contribution in [0.1, 0.15) is 40.0 Å². The van der Waals surface area contributed by atoms with E-state index in [9.17, 15) is 4.79 Å². The first-order valence-electron chi connectivity index (χ1n) is 4.16. The van der Waals surface area contributed by atoms with Gasteiger partial charge in [-0.25, -0.2) is 0 Å². The van der Waals surface area contributed by atoms with Gasteiger partial charge in [-0.3, -0.25) is 4.79 Å². The van der Waals surface area contributed by atoms with E-state index in [0.717, 1.165) is 12.8 Å². The molecule has 0 bridgehead atoms. The van der Waals surface area contributed by atoms with Crippen LogP contribution in [0.15, 0.2) is 0 Å². The van der Waals surface area contributed by atoms with Gasteiger partial charge in [-0.15, -0.1) is 0 Å². The minimum absolute atomic E-state index is 0.0893. The average molecular weight is 155 g/mol. The van der Waals surface area contributed by atoms with Crippen molar-refractivity contribution in [3.63, 3.8) is 0 Å². The third kappa shape index (κ3) is 2.29. The van der Waals surface area contributed by atoms with Crippen LogP contribution in [-0.2, 0) is 4.79 Å². The largest absolute Gasteiger partial charge is 0.319 e. The first-order chi connectivity index (χ1) is 4.83. The van der Waals surface area contributed by atoms with Gasteiger partial charge in [-0.1, -0.05) is 20.8 Å². The van der Waals surface area contributed by atoms with Crippen molar-refractivity contribution in [2.75, 3.05) is 0 Å². The predicted octanol–water partition coefficient (Wildman–Crippen LogP) is 1.48. The number of hydrogen-bond acceptors (Lipinski definition) is 2. The fourth-order valence-corrected chi connectivity index (χ4v) is 1.07. The molecule has 1 aliphatic carbocycles. The molecule has 0 aromatic heterocycles. The summed E-state index contributed by atoms with van der Waals surface area (Å²) in [6, 6.07) is 0. The Labute approximate surface area is 68.2 Å². The van der Waals surface area contributed by atoms with Crippen molar-refractivity contribution in [3.05, 3.63) is 0 Å². The summed E-state index contributed by atoms with van der Waals surface area (Å²) in [5.74, 6) is 0.241. The van der Waals surface area contributed by atoms with E-state index >= 15 is 0 Å². The molecule has 0 radical (unpaired) electrons. The van der Waals surface area contributed by atoms with Crippen molar-refractivity contribution in [2.24, 2.45) is 11.1 Å². The lowest BCUT2D eigenvalue weighted by Gasteiger charge is -2.19. The van der Waals surface area contributed by atoms with Gasteiger partial charge in [0, 0.05) is 6.42 Å². The summed E-state index contributed by atoms with van der Waals surface area (Å²) in [5.41, 5.74) is 5.41. The average Bonchev–Trinajstić information content (AvgIpc) is 2.44. The minimum Gasteiger partial charge on any atom is -0.319 e. The van der Waals surface area contributed by atoms with Gasteiger partial charge in [-0.05, 0) is 18.3 Å². The van der Waals surface area contributed by atoms with E-state index < -0.39 is 5.54 Å². The summed E-state index contributed by atoms with van der Waals surface area (Å²) in [6.45, 7) is 6.20. The van der Waals surface area contributed by atoms with Crippen molar-refractivity contribution in [3.8, 4) is 0 Å².